The first-order valence-electron chi connectivity index (χ1n) is 3.38. The van der Waals surface area contributed by atoms with Crippen molar-refractivity contribution in [3.8, 4) is 5.75 Å². The second-order valence-electron chi connectivity index (χ2n) is 2.13. The number of aryl methyl sites for hydroxylation is 1. The number of aromatic hydroxyl groups is 1. The third kappa shape index (κ3) is 1.04. The Morgan fingerprint density at radius 1 is 1.44 bits per heavy atom. The number of phenols is 1. The third-order valence-corrected chi connectivity index (χ3v) is 1.36. The summed E-state index contributed by atoms with van der Waals surface area (Å²) in [6, 6.07) is 3.82. The Balaban J connectivity index is 3.34. The van der Waals surface area contributed by atoms with Crippen molar-refractivity contribution >= 4 is 0 Å². The van der Waals surface area contributed by atoms with Gasteiger partial charge in [0, 0.05) is 0 Å². The molecule has 0 heterocycles. The van der Waals surface area contributed by atoms with Gasteiger partial charge in [0.1, 0.15) is 5.75 Å². The maximum atomic E-state index is 9.27. The number of phenolic OH excluding ortho intramolecular Hbond substituents is 1. The minimum absolute atomic E-state index is 0.243. The predicted molar refractivity (Wildman–Crippen MR) is 37.6 cm³/mol. The molecule has 0 atom stereocenters. The Bertz CT molecular complexity index is 229. The van der Waals surface area contributed by atoms with Crippen molar-refractivity contribution in [1.82, 2.24) is 0 Å². The molecule has 1 N–H and O–H groups in total. The van der Waals surface area contributed by atoms with Crippen molar-refractivity contribution in [2.24, 2.45) is 0 Å². The van der Waals surface area contributed by atoms with Gasteiger partial charge in [-0.1, -0.05) is 18.2 Å². The number of hydrogen-bond acceptors (Lipinski definition) is 1. The third-order valence-electron chi connectivity index (χ3n) is 1.36. The normalized spacial score (nSPS) is 11.1. The van der Waals surface area contributed by atoms with Crippen molar-refractivity contribution in [2.45, 2.75) is 13.8 Å². The van der Waals surface area contributed by atoms with Gasteiger partial charge in [-0.3, -0.25) is 0 Å². The van der Waals surface area contributed by atoms with Crippen LogP contribution in [0.3, 0.4) is 0 Å². The molecule has 0 bridgehead atoms. The molecule has 1 aromatic rings. The topological polar surface area (TPSA) is 20.2 Å². The number of hydrogen-bond donors (Lipinski definition) is 1. The summed E-state index contributed by atoms with van der Waals surface area (Å²) in [4.78, 5) is 0. The van der Waals surface area contributed by atoms with Crippen LogP contribution in [0.5, 0.6) is 5.75 Å². The highest BCUT2D eigenvalue weighted by Crippen LogP contribution is 2.19. The molecular formula is C8H10O. The zero-order valence-electron chi connectivity index (χ0n) is 6.60. The fraction of sp³-hybridized carbons (Fsp3) is 0.250. The summed E-state index contributed by atoms with van der Waals surface area (Å²) in [5.41, 5.74) is 1.48. The summed E-state index contributed by atoms with van der Waals surface area (Å²) in [5.74, 6) is 0.243. The smallest absolute Gasteiger partial charge is 0.121 e. The van der Waals surface area contributed by atoms with Crippen LogP contribution in [-0.4, -0.2) is 5.11 Å². The molecule has 0 amide bonds. The molecule has 0 saturated carbocycles. The van der Waals surface area contributed by atoms with E-state index in [0.29, 0.717) is 11.6 Å². The summed E-state index contributed by atoms with van der Waals surface area (Å²) in [6.45, 7) is 3.56. The quantitative estimate of drug-likeness (QED) is 0.559. The maximum absolute atomic E-state index is 9.27. The largest absolute Gasteiger partial charge is 0.507 e. The van der Waals surface area contributed by atoms with E-state index in [1.54, 1.807) is 19.1 Å². The van der Waals surface area contributed by atoms with Crippen molar-refractivity contribution < 1.29 is 6.48 Å². The zero-order valence-corrected chi connectivity index (χ0v) is 5.60. The molecule has 0 fully saturated rings. The van der Waals surface area contributed by atoms with Crippen LogP contribution in [0.2, 0.25) is 0 Å². The maximum Gasteiger partial charge on any atom is 0.121 e. The van der Waals surface area contributed by atoms with Crippen LogP contribution >= 0.6 is 0 Å². The highest BCUT2D eigenvalue weighted by Gasteiger charge is 1.95. The van der Waals surface area contributed by atoms with Gasteiger partial charge in [-0.25, -0.2) is 0 Å². The molecule has 1 heteroatoms. The molecule has 1 aromatic carbocycles. The van der Waals surface area contributed by atoms with Crippen molar-refractivity contribution in [2.75, 3.05) is 0 Å². The fourth-order valence-corrected chi connectivity index (χ4v) is 0.735. The molecule has 0 unspecified atom stereocenters. The van der Waals surface area contributed by atoms with E-state index in [-0.39, 0.29) is 5.75 Å². The fourth-order valence-electron chi connectivity index (χ4n) is 0.735. The summed E-state index contributed by atoms with van der Waals surface area (Å²) < 4.78 is 7.30. The highest BCUT2D eigenvalue weighted by atomic mass is 16.3. The second-order valence-corrected chi connectivity index (χ2v) is 2.13. The molecule has 1 rings (SSSR count). The molecule has 9 heavy (non-hydrogen) atoms. The van der Waals surface area contributed by atoms with E-state index < -0.39 is 0 Å². The average molecular weight is 123 g/mol. The van der Waals surface area contributed by atoms with Crippen LogP contribution < -0.4 is 0 Å². The van der Waals surface area contributed by atoms with Gasteiger partial charge in [-0.2, -0.15) is 0 Å². The van der Waals surface area contributed by atoms with E-state index in [1.807, 2.05) is 6.92 Å². The lowest BCUT2D eigenvalue weighted by Gasteiger charge is -1.99. The van der Waals surface area contributed by atoms with Crippen LogP contribution in [0.15, 0.2) is 18.2 Å². The van der Waals surface area contributed by atoms with Crippen molar-refractivity contribution in [3.63, 3.8) is 0 Å². The molecule has 0 spiro atoms. The average Bonchev–Trinajstić information content (AvgIpc) is 1.93. The molecule has 1 nitrogen and oxygen atoms in total. The van der Waals surface area contributed by atoms with E-state index >= 15 is 0 Å². The Morgan fingerprint density at radius 3 is 2.67 bits per heavy atom. The van der Waals surface area contributed by atoms with E-state index in [2.05, 4.69) is 0 Å². The lowest BCUT2D eigenvalue weighted by molar-refractivity contribution is 0.467. The molecular weight excluding hydrogens is 112 g/mol. The van der Waals surface area contributed by atoms with Gasteiger partial charge in [-0.15, -0.1) is 0 Å². The van der Waals surface area contributed by atoms with Crippen molar-refractivity contribution in [3.05, 3.63) is 29.3 Å². The minimum atomic E-state index is 0.243. The first-order chi connectivity index (χ1) is 4.63. The molecule has 0 saturated heterocycles. The minimum Gasteiger partial charge on any atom is -0.507 e. The van der Waals surface area contributed by atoms with Crippen LogP contribution in [0, 0.1) is 13.8 Å². The van der Waals surface area contributed by atoms with Crippen LogP contribution in [-0.2, 0) is 0 Å². The summed E-state index contributed by atoms with van der Waals surface area (Å²) in [7, 11) is 0. The first kappa shape index (κ1) is 4.86. The number of benzene rings is 1. The van der Waals surface area contributed by atoms with Gasteiger partial charge in [0.05, 0.1) is 1.37 Å². The highest BCUT2D eigenvalue weighted by molar-refractivity contribution is 5.37. The molecule has 0 radical (unpaired) electrons. The van der Waals surface area contributed by atoms with Gasteiger partial charge in [0.25, 0.3) is 0 Å². The Kier molecular flexibility index (Phi) is 1.13. The second kappa shape index (κ2) is 2.09. The van der Waals surface area contributed by atoms with Crippen molar-refractivity contribution in [1.29, 1.82) is 0 Å². The predicted octanol–water partition coefficient (Wildman–Crippen LogP) is 2.01. The van der Waals surface area contributed by atoms with Gasteiger partial charge in [0.15, 0.2) is 0 Å². The van der Waals surface area contributed by atoms with Crippen LogP contribution in [0.1, 0.15) is 12.5 Å². The lowest BCUT2D eigenvalue weighted by atomic mass is 10.1. The van der Waals surface area contributed by atoms with Gasteiger partial charge in [0.2, 0.25) is 0 Å². The molecule has 0 aliphatic heterocycles. The Morgan fingerprint density at radius 2 is 2.11 bits per heavy atom. The van der Waals surface area contributed by atoms with Gasteiger partial charge < -0.3 is 5.11 Å². The lowest BCUT2D eigenvalue weighted by Crippen LogP contribution is -1.76. The van der Waals surface area contributed by atoms with E-state index in [0.717, 1.165) is 5.56 Å². The standard InChI is InChI=1S/C8H10O/c1-6-4-3-5-7(2)8(6)9/h3-5,9H,1-2H3/i4D. The first-order valence-corrected chi connectivity index (χ1v) is 2.88. The van der Waals surface area contributed by atoms with Gasteiger partial charge >= 0.3 is 0 Å². The monoisotopic (exact) mass is 123 g/mol. The SMILES string of the molecule is [2H]c1ccc(C)c(O)c1C. The molecule has 0 aliphatic rings. The summed E-state index contributed by atoms with van der Waals surface area (Å²) in [6.07, 6.45) is 0. The van der Waals surface area contributed by atoms with E-state index in [4.69, 9.17) is 1.37 Å². The summed E-state index contributed by atoms with van der Waals surface area (Å²) >= 11 is 0. The van der Waals surface area contributed by atoms with Crippen LogP contribution in [0.4, 0.5) is 0 Å². The van der Waals surface area contributed by atoms with E-state index in [1.165, 1.54) is 0 Å². The van der Waals surface area contributed by atoms with Crippen LogP contribution in [0.25, 0.3) is 0 Å². The molecule has 0 aromatic heterocycles. The number of rotatable bonds is 0. The summed E-state index contributed by atoms with van der Waals surface area (Å²) in [5, 5.41) is 9.27. The number of para-hydroxylation sites is 1. The van der Waals surface area contributed by atoms with Gasteiger partial charge in [-0.05, 0) is 25.0 Å². The molecule has 48 valence electrons. The Labute approximate surface area is 56.4 Å². The van der Waals surface area contributed by atoms with E-state index in [9.17, 15) is 5.11 Å². The Hall–Kier alpha value is -0.980. The molecule has 0 aliphatic carbocycles. The zero-order chi connectivity index (χ0) is 7.72.